The van der Waals surface area contributed by atoms with Gasteiger partial charge in [-0.1, -0.05) is 38.2 Å². The van der Waals surface area contributed by atoms with Crippen LogP contribution in [-0.4, -0.2) is 50.3 Å². The average molecular weight is 388 g/mol. The minimum Gasteiger partial charge on any atom is -0.375 e. The van der Waals surface area contributed by atoms with Gasteiger partial charge in [-0.15, -0.1) is 0 Å². The van der Waals surface area contributed by atoms with Crippen molar-refractivity contribution >= 4 is 11.8 Å². The minimum absolute atomic E-state index is 0.268. The zero-order valence-corrected chi connectivity index (χ0v) is 17.6. The van der Waals surface area contributed by atoms with Crippen molar-refractivity contribution in [1.82, 2.24) is 15.6 Å². The van der Waals surface area contributed by atoms with Gasteiger partial charge in [-0.3, -0.25) is 4.99 Å². The Bertz CT molecular complexity index is 597. The molecular weight excluding hydrogens is 350 g/mol. The summed E-state index contributed by atoms with van der Waals surface area (Å²) >= 11 is 0. The van der Waals surface area contributed by atoms with Crippen LogP contribution < -0.4 is 15.5 Å². The van der Waals surface area contributed by atoms with Crippen molar-refractivity contribution in [1.29, 1.82) is 0 Å². The predicted molar refractivity (Wildman–Crippen MR) is 116 cm³/mol. The van der Waals surface area contributed by atoms with Crippen molar-refractivity contribution in [3.8, 4) is 0 Å². The van der Waals surface area contributed by atoms with Crippen LogP contribution in [0.1, 0.15) is 57.4 Å². The number of aliphatic imine (C=N–C) groups is 1. The molecule has 0 aromatic carbocycles. The highest BCUT2D eigenvalue weighted by Crippen LogP contribution is 2.26. The number of guanidine groups is 1. The van der Waals surface area contributed by atoms with Crippen LogP contribution in [0.5, 0.6) is 0 Å². The Labute approximate surface area is 170 Å². The van der Waals surface area contributed by atoms with Gasteiger partial charge in [0, 0.05) is 39.4 Å². The summed E-state index contributed by atoms with van der Waals surface area (Å²) < 4.78 is 5.61. The number of ether oxygens (including phenoxy) is 1. The molecule has 2 heterocycles. The van der Waals surface area contributed by atoms with Gasteiger partial charge in [-0.05, 0) is 37.3 Å². The molecule has 1 aromatic heterocycles. The molecule has 0 spiro atoms. The van der Waals surface area contributed by atoms with Crippen LogP contribution in [0.15, 0.2) is 23.3 Å². The molecule has 6 nitrogen and oxygen atoms in total. The smallest absolute Gasteiger partial charge is 0.191 e. The number of morpholine rings is 1. The second-order valence-corrected chi connectivity index (χ2v) is 8.15. The van der Waals surface area contributed by atoms with E-state index in [0.29, 0.717) is 0 Å². The SMILES string of the molecule is CN=C(NCCCC1CCCCC1)NCc1ccc(N2CCOC(C)C2)nc1. The standard InChI is InChI=1S/C22H37N5O/c1-18-17-27(13-14-28-18)21-11-10-20(15-25-21)16-26-22(23-2)24-12-6-9-19-7-4-3-5-8-19/h10-11,15,18-19H,3-9,12-14,16-17H2,1-2H3,(H2,23,24,26). The summed E-state index contributed by atoms with van der Waals surface area (Å²) in [5, 5.41) is 6.84. The zero-order valence-electron chi connectivity index (χ0n) is 17.6. The number of hydrogen-bond acceptors (Lipinski definition) is 4. The highest BCUT2D eigenvalue weighted by atomic mass is 16.5. The first-order valence-corrected chi connectivity index (χ1v) is 11.0. The van der Waals surface area contributed by atoms with E-state index in [1.807, 2.05) is 13.2 Å². The molecule has 2 fully saturated rings. The molecule has 3 rings (SSSR count). The van der Waals surface area contributed by atoms with Crippen LogP contribution in [-0.2, 0) is 11.3 Å². The first kappa shape index (κ1) is 20.9. The third-order valence-corrected chi connectivity index (χ3v) is 5.86. The van der Waals surface area contributed by atoms with E-state index in [0.717, 1.165) is 56.0 Å². The van der Waals surface area contributed by atoms with Crippen molar-refractivity contribution in [2.75, 3.05) is 38.2 Å². The summed E-state index contributed by atoms with van der Waals surface area (Å²) in [5.41, 5.74) is 1.16. The summed E-state index contributed by atoms with van der Waals surface area (Å²) in [6, 6.07) is 4.25. The maximum atomic E-state index is 5.61. The number of nitrogens with one attached hydrogen (secondary N) is 2. The average Bonchev–Trinajstić information content (AvgIpc) is 2.74. The first-order valence-electron chi connectivity index (χ1n) is 11.0. The normalized spacial score (nSPS) is 21.6. The summed E-state index contributed by atoms with van der Waals surface area (Å²) in [7, 11) is 1.83. The van der Waals surface area contributed by atoms with Crippen LogP contribution in [0, 0.1) is 5.92 Å². The lowest BCUT2D eigenvalue weighted by Crippen LogP contribution is -2.41. The Balaban J connectivity index is 1.36. The maximum absolute atomic E-state index is 5.61. The summed E-state index contributed by atoms with van der Waals surface area (Å²) in [6.45, 7) is 6.42. The topological polar surface area (TPSA) is 61.8 Å². The highest BCUT2D eigenvalue weighted by Gasteiger charge is 2.17. The fourth-order valence-electron chi connectivity index (χ4n) is 4.21. The monoisotopic (exact) mass is 387 g/mol. The van der Waals surface area contributed by atoms with Gasteiger partial charge in [0.25, 0.3) is 0 Å². The summed E-state index contributed by atoms with van der Waals surface area (Å²) in [6.07, 6.45) is 11.9. The van der Waals surface area contributed by atoms with Crippen LogP contribution in [0.4, 0.5) is 5.82 Å². The molecule has 0 radical (unpaired) electrons. The van der Waals surface area contributed by atoms with Gasteiger partial charge in [-0.25, -0.2) is 4.98 Å². The van der Waals surface area contributed by atoms with Crippen molar-refractivity contribution in [3.63, 3.8) is 0 Å². The van der Waals surface area contributed by atoms with E-state index in [-0.39, 0.29) is 6.10 Å². The van der Waals surface area contributed by atoms with Crippen LogP contribution in [0.25, 0.3) is 0 Å². The number of hydrogen-bond donors (Lipinski definition) is 2. The van der Waals surface area contributed by atoms with Gasteiger partial charge in [-0.2, -0.15) is 0 Å². The molecule has 1 unspecified atom stereocenters. The van der Waals surface area contributed by atoms with Crippen LogP contribution >= 0.6 is 0 Å². The van der Waals surface area contributed by atoms with E-state index in [1.54, 1.807) is 0 Å². The number of aromatic nitrogens is 1. The maximum Gasteiger partial charge on any atom is 0.191 e. The summed E-state index contributed by atoms with van der Waals surface area (Å²) in [5.74, 6) is 2.85. The molecule has 1 aliphatic heterocycles. The van der Waals surface area contributed by atoms with Crippen molar-refractivity contribution in [3.05, 3.63) is 23.9 Å². The summed E-state index contributed by atoms with van der Waals surface area (Å²) in [4.78, 5) is 11.3. The third kappa shape index (κ3) is 6.66. The first-order chi connectivity index (χ1) is 13.7. The van der Waals surface area contributed by atoms with E-state index in [4.69, 9.17) is 4.74 Å². The van der Waals surface area contributed by atoms with Gasteiger partial charge in [0.05, 0.1) is 12.7 Å². The number of nitrogens with zero attached hydrogens (tertiary/aromatic N) is 3. The lowest BCUT2D eigenvalue weighted by molar-refractivity contribution is 0.0529. The van der Waals surface area contributed by atoms with E-state index < -0.39 is 0 Å². The van der Waals surface area contributed by atoms with Crippen molar-refractivity contribution in [2.24, 2.45) is 10.9 Å². The fraction of sp³-hybridized carbons (Fsp3) is 0.727. The molecule has 156 valence electrons. The zero-order chi connectivity index (χ0) is 19.6. The molecule has 1 saturated carbocycles. The molecule has 2 N–H and O–H groups in total. The van der Waals surface area contributed by atoms with Crippen LogP contribution in [0.3, 0.4) is 0 Å². The Kier molecular flexibility index (Phi) is 8.40. The molecule has 1 atom stereocenters. The number of pyridine rings is 1. The second-order valence-electron chi connectivity index (χ2n) is 8.15. The van der Waals surface area contributed by atoms with E-state index in [1.165, 1.54) is 44.9 Å². The Morgan fingerprint density at radius 1 is 1.25 bits per heavy atom. The van der Waals surface area contributed by atoms with Gasteiger partial charge >= 0.3 is 0 Å². The largest absolute Gasteiger partial charge is 0.375 e. The molecule has 6 heteroatoms. The van der Waals surface area contributed by atoms with Crippen molar-refractivity contribution < 1.29 is 4.74 Å². The fourth-order valence-corrected chi connectivity index (χ4v) is 4.21. The van der Waals surface area contributed by atoms with E-state index >= 15 is 0 Å². The lowest BCUT2D eigenvalue weighted by atomic mass is 9.86. The third-order valence-electron chi connectivity index (χ3n) is 5.86. The van der Waals surface area contributed by atoms with Gasteiger partial charge < -0.3 is 20.3 Å². The molecular formula is C22H37N5O. The van der Waals surface area contributed by atoms with E-state index in [2.05, 4.69) is 44.6 Å². The Morgan fingerprint density at radius 3 is 2.82 bits per heavy atom. The molecule has 28 heavy (non-hydrogen) atoms. The predicted octanol–water partition coefficient (Wildman–Crippen LogP) is 3.33. The highest BCUT2D eigenvalue weighted by molar-refractivity contribution is 5.79. The van der Waals surface area contributed by atoms with Gasteiger partial charge in [0.15, 0.2) is 5.96 Å². The lowest BCUT2D eigenvalue weighted by Gasteiger charge is -2.32. The van der Waals surface area contributed by atoms with Gasteiger partial charge in [0.1, 0.15) is 5.82 Å². The molecule has 1 saturated heterocycles. The Hall–Kier alpha value is -1.82. The molecule has 1 aromatic rings. The molecule has 1 aliphatic carbocycles. The van der Waals surface area contributed by atoms with Gasteiger partial charge in [0.2, 0.25) is 0 Å². The number of anilines is 1. The number of rotatable bonds is 7. The quantitative estimate of drug-likeness (QED) is 0.427. The second kappa shape index (κ2) is 11.2. The molecule has 0 amide bonds. The molecule has 2 aliphatic rings. The van der Waals surface area contributed by atoms with Crippen LogP contribution in [0.2, 0.25) is 0 Å². The van der Waals surface area contributed by atoms with Crippen molar-refractivity contribution in [2.45, 2.75) is 64.5 Å². The Morgan fingerprint density at radius 2 is 2.11 bits per heavy atom. The minimum atomic E-state index is 0.268. The molecule has 0 bridgehead atoms. The van der Waals surface area contributed by atoms with E-state index in [9.17, 15) is 0 Å².